The van der Waals surface area contributed by atoms with E-state index in [1.165, 1.54) is 22.5 Å². The molecule has 0 atom stereocenters. The van der Waals surface area contributed by atoms with Gasteiger partial charge in [0.05, 0.1) is 17.0 Å². The van der Waals surface area contributed by atoms with E-state index in [9.17, 15) is 22.4 Å². The van der Waals surface area contributed by atoms with Crippen LogP contribution < -0.4 is 4.31 Å². The topological polar surface area (TPSA) is 80.8 Å². The van der Waals surface area contributed by atoms with Crippen molar-refractivity contribution in [1.82, 2.24) is 0 Å². The molecule has 0 fully saturated rings. The van der Waals surface area contributed by atoms with Crippen molar-refractivity contribution in [3.8, 4) is 0 Å². The molecule has 1 heterocycles. The van der Waals surface area contributed by atoms with Gasteiger partial charge in [0.15, 0.2) is 12.4 Å². The summed E-state index contributed by atoms with van der Waals surface area (Å²) in [7, 11) is -3.35. The number of ketones is 1. The molecule has 2 aromatic rings. The van der Waals surface area contributed by atoms with Crippen LogP contribution in [0.15, 0.2) is 36.4 Å². The van der Waals surface area contributed by atoms with Crippen LogP contribution >= 0.6 is 0 Å². The number of carbonyl (C=O) groups excluding carboxylic acids is 2. The van der Waals surface area contributed by atoms with Crippen LogP contribution in [0.1, 0.15) is 38.8 Å². The average molecular weight is 405 g/mol. The van der Waals surface area contributed by atoms with Gasteiger partial charge in [0.1, 0.15) is 5.82 Å². The third kappa shape index (κ3) is 3.91. The highest BCUT2D eigenvalue weighted by atomic mass is 32.2. The van der Waals surface area contributed by atoms with Gasteiger partial charge in [-0.3, -0.25) is 9.10 Å². The second-order valence-corrected chi connectivity index (χ2v) is 8.71. The van der Waals surface area contributed by atoms with Crippen molar-refractivity contribution in [1.29, 1.82) is 0 Å². The Kier molecular flexibility index (Phi) is 5.51. The van der Waals surface area contributed by atoms with Crippen molar-refractivity contribution in [3.63, 3.8) is 0 Å². The monoisotopic (exact) mass is 405 g/mol. The molecule has 2 aromatic carbocycles. The van der Waals surface area contributed by atoms with Crippen LogP contribution in [0.4, 0.5) is 10.1 Å². The molecule has 1 aliphatic heterocycles. The number of fused-ring (bicyclic) bond motifs is 1. The standard InChI is InChI=1S/C20H20FNO5S/c1-3-28(25,26)22-9-8-14-10-15(6-7-18(14)22)19(23)12-27-20(24)16-5-4-13(2)17(21)11-16/h4-7,10-11H,3,8-9,12H2,1-2H3. The first-order valence-electron chi connectivity index (χ1n) is 8.82. The zero-order valence-corrected chi connectivity index (χ0v) is 16.4. The molecular weight excluding hydrogens is 385 g/mol. The molecule has 28 heavy (non-hydrogen) atoms. The summed E-state index contributed by atoms with van der Waals surface area (Å²) in [4.78, 5) is 24.4. The zero-order valence-electron chi connectivity index (χ0n) is 15.6. The van der Waals surface area contributed by atoms with Crippen LogP contribution in [0, 0.1) is 12.7 Å². The molecule has 148 valence electrons. The molecule has 0 saturated heterocycles. The van der Waals surface area contributed by atoms with E-state index in [1.807, 2.05) is 0 Å². The highest BCUT2D eigenvalue weighted by molar-refractivity contribution is 7.92. The molecular formula is C20H20FNO5S. The minimum Gasteiger partial charge on any atom is -0.454 e. The number of rotatable bonds is 6. The Bertz CT molecular complexity index is 1050. The first-order chi connectivity index (χ1) is 13.2. The highest BCUT2D eigenvalue weighted by Crippen LogP contribution is 2.31. The summed E-state index contributed by atoms with van der Waals surface area (Å²) in [6.45, 7) is 3.02. The first-order valence-corrected chi connectivity index (χ1v) is 10.4. The van der Waals surface area contributed by atoms with Crippen LogP contribution in [0.3, 0.4) is 0 Å². The molecule has 0 saturated carbocycles. The zero-order chi connectivity index (χ0) is 20.5. The fraction of sp³-hybridized carbons (Fsp3) is 0.300. The summed E-state index contributed by atoms with van der Waals surface area (Å²) >= 11 is 0. The largest absolute Gasteiger partial charge is 0.454 e. The Balaban J connectivity index is 1.69. The molecule has 0 radical (unpaired) electrons. The summed E-state index contributed by atoms with van der Waals surface area (Å²) in [5, 5.41) is 0. The maximum atomic E-state index is 13.6. The molecule has 0 amide bonds. The number of aryl methyl sites for hydroxylation is 1. The van der Waals surface area contributed by atoms with Gasteiger partial charge in [-0.15, -0.1) is 0 Å². The molecule has 0 aromatic heterocycles. The SMILES string of the molecule is CCS(=O)(=O)N1CCc2cc(C(=O)COC(=O)c3ccc(C)c(F)c3)ccc21. The molecule has 3 rings (SSSR count). The van der Waals surface area contributed by atoms with Crippen molar-refractivity contribution < 1.29 is 27.1 Å². The van der Waals surface area contributed by atoms with Gasteiger partial charge in [-0.25, -0.2) is 17.6 Å². The van der Waals surface area contributed by atoms with Gasteiger partial charge >= 0.3 is 5.97 Å². The lowest BCUT2D eigenvalue weighted by atomic mass is 10.1. The van der Waals surface area contributed by atoms with Crippen molar-refractivity contribution in [2.75, 3.05) is 23.2 Å². The molecule has 0 spiro atoms. The lowest BCUT2D eigenvalue weighted by Crippen LogP contribution is -2.30. The van der Waals surface area contributed by atoms with Gasteiger partial charge in [0.2, 0.25) is 10.0 Å². The van der Waals surface area contributed by atoms with E-state index in [0.29, 0.717) is 29.8 Å². The van der Waals surface area contributed by atoms with E-state index < -0.39 is 34.2 Å². The Morgan fingerprint density at radius 2 is 1.86 bits per heavy atom. The number of hydrogen-bond acceptors (Lipinski definition) is 5. The fourth-order valence-corrected chi connectivity index (χ4v) is 4.17. The molecule has 0 N–H and O–H groups in total. The first kappa shape index (κ1) is 20.0. The molecule has 8 heteroatoms. The number of carbonyl (C=O) groups is 2. The van der Waals surface area contributed by atoms with E-state index in [4.69, 9.17) is 4.74 Å². The number of sulfonamides is 1. The van der Waals surface area contributed by atoms with Crippen molar-refractivity contribution in [3.05, 3.63) is 64.5 Å². The van der Waals surface area contributed by atoms with Crippen LogP contribution in [-0.2, 0) is 21.2 Å². The quantitative estimate of drug-likeness (QED) is 0.545. The Labute approximate surface area is 163 Å². The summed E-state index contributed by atoms with van der Waals surface area (Å²) in [6, 6.07) is 8.71. The Hall–Kier alpha value is -2.74. The lowest BCUT2D eigenvalue weighted by molar-refractivity contribution is 0.0474. The summed E-state index contributed by atoms with van der Waals surface area (Å²) < 4.78 is 44.1. The van der Waals surface area contributed by atoms with Crippen LogP contribution in [-0.4, -0.2) is 39.1 Å². The third-order valence-electron chi connectivity index (χ3n) is 4.70. The van der Waals surface area contributed by atoms with E-state index in [2.05, 4.69) is 0 Å². The van der Waals surface area contributed by atoms with Gasteiger partial charge in [0.25, 0.3) is 0 Å². The minimum atomic E-state index is -3.35. The van der Waals surface area contributed by atoms with E-state index in [-0.39, 0.29) is 11.3 Å². The number of ether oxygens (including phenoxy) is 1. The smallest absolute Gasteiger partial charge is 0.338 e. The predicted octanol–water partition coefficient (Wildman–Crippen LogP) is 2.89. The van der Waals surface area contributed by atoms with Gasteiger partial charge in [-0.2, -0.15) is 0 Å². The maximum absolute atomic E-state index is 13.6. The summed E-state index contributed by atoms with van der Waals surface area (Å²) in [6.07, 6.45) is 0.512. The van der Waals surface area contributed by atoms with Gasteiger partial charge in [-0.05, 0) is 61.7 Å². The third-order valence-corrected chi connectivity index (χ3v) is 6.48. The number of Topliss-reactive ketones (excluding diaryl/α,β-unsaturated/α-hetero) is 1. The van der Waals surface area contributed by atoms with Crippen LogP contribution in [0.5, 0.6) is 0 Å². The van der Waals surface area contributed by atoms with Crippen LogP contribution in [0.25, 0.3) is 0 Å². The minimum absolute atomic E-state index is 0.00266. The fourth-order valence-electron chi connectivity index (χ4n) is 3.01. The molecule has 0 bridgehead atoms. The second-order valence-electron chi connectivity index (χ2n) is 6.53. The second kappa shape index (κ2) is 7.71. The number of anilines is 1. The maximum Gasteiger partial charge on any atom is 0.338 e. The molecule has 0 aliphatic carbocycles. The van der Waals surface area contributed by atoms with Gasteiger partial charge in [0, 0.05) is 12.1 Å². The molecule has 6 nitrogen and oxygen atoms in total. The highest BCUT2D eigenvalue weighted by Gasteiger charge is 2.28. The van der Waals surface area contributed by atoms with Gasteiger partial charge in [-0.1, -0.05) is 6.07 Å². The predicted molar refractivity (Wildman–Crippen MR) is 103 cm³/mol. The normalized spacial score (nSPS) is 13.3. The van der Waals surface area contributed by atoms with Crippen molar-refractivity contribution in [2.24, 2.45) is 0 Å². The molecule has 0 unspecified atom stereocenters. The van der Waals surface area contributed by atoms with Crippen LogP contribution in [0.2, 0.25) is 0 Å². The van der Waals surface area contributed by atoms with E-state index >= 15 is 0 Å². The van der Waals surface area contributed by atoms with E-state index in [1.54, 1.807) is 26.0 Å². The summed E-state index contributed by atoms with van der Waals surface area (Å²) in [5.74, 6) is -1.72. The number of esters is 1. The number of halogens is 1. The Morgan fingerprint density at radius 1 is 1.14 bits per heavy atom. The number of nitrogens with zero attached hydrogens (tertiary/aromatic N) is 1. The van der Waals surface area contributed by atoms with E-state index in [0.717, 1.165) is 11.6 Å². The summed E-state index contributed by atoms with van der Waals surface area (Å²) in [5.41, 5.74) is 2.10. The number of hydrogen-bond donors (Lipinski definition) is 0. The lowest BCUT2D eigenvalue weighted by Gasteiger charge is -2.18. The van der Waals surface area contributed by atoms with Crippen molar-refractivity contribution in [2.45, 2.75) is 20.3 Å². The van der Waals surface area contributed by atoms with Gasteiger partial charge < -0.3 is 4.74 Å². The van der Waals surface area contributed by atoms with Crippen molar-refractivity contribution >= 4 is 27.5 Å². The number of benzene rings is 2. The Morgan fingerprint density at radius 3 is 2.54 bits per heavy atom. The molecule has 1 aliphatic rings. The average Bonchev–Trinajstić information content (AvgIpc) is 3.12.